The Morgan fingerprint density at radius 3 is 2.09 bits per heavy atom. The molecule has 0 aliphatic carbocycles. The third-order valence-electron chi connectivity index (χ3n) is 2.17. The molecule has 0 aromatic heterocycles. The minimum absolute atomic E-state index is 0.574. The van der Waals surface area contributed by atoms with Gasteiger partial charge in [0, 0.05) is 0 Å². The van der Waals surface area contributed by atoms with E-state index in [0.29, 0.717) is 5.41 Å². The Morgan fingerprint density at radius 1 is 1.18 bits per heavy atom. The van der Waals surface area contributed by atoms with E-state index < -0.39 is 0 Å². The number of hydrogen-bond donors (Lipinski definition) is 0. The monoisotopic (exact) mass is 156 g/mol. The molecule has 0 bridgehead atoms. The van der Waals surface area contributed by atoms with E-state index in [1.54, 1.807) is 0 Å². The summed E-state index contributed by atoms with van der Waals surface area (Å²) in [5.41, 5.74) is 0.574. The highest BCUT2D eigenvalue weighted by molar-refractivity contribution is 4.69. The Labute approximate surface area is 72.4 Å². The molecule has 0 heterocycles. The SMILES string of the molecule is CCCCC(C)(C)CC(C)C. The van der Waals surface area contributed by atoms with E-state index in [4.69, 9.17) is 0 Å². The van der Waals surface area contributed by atoms with Gasteiger partial charge >= 0.3 is 0 Å². The first-order chi connectivity index (χ1) is 4.98. The van der Waals surface area contributed by atoms with Crippen LogP contribution in [0.3, 0.4) is 0 Å². The third kappa shape index (κ3) is 6.40. The van der Waals surface area contributed by atoms with Crippen LogP contribution in [-0.2, 0) is 0 Å². The van der Waals surface area contributed by atoms with Crippen LogP contribution in [0.25, 0.3) is 0 Å². The lowest BCUT2D eigenvalue weighted by Gasteiger charge is -2.26. The highest BCUT2D eigenvalue weighted by Crippen LogP contribution is 2.30. The summed E-state index contributed by atoms with van der Waals surface area (Å²) in [7, 11) is 0. The molecule has 0 rings (SSSR count). The highest BCUT2D eigenvalue weighted by Gasteiger charge is 2.17. The van der Waals surface area contributed by atoms with Crippen molar-refractivity contribution in [3.63, 3.8) is 0 Å². The standard InChI is InChI=1S/C11H24/c1-6-7-8-11(4,5)9-10(2)3/h10H,6-9H2,1-5H3. The molecule has 0 aromatic rings. The smallest absolute Gasteiger partial charge is 0.0352 e. The molecular weight excluding hydrogens is 132 g/mol. The van der Waals surface area contributed by atoms with Crippen LogP contribution in [0.2, 0.25) is 0 Å². The van der Waals surface area contributed by atoms with E-state index in [1.807, 2.05) is 0 Å². The zero-order valence-corrected chi connectivity index (χ0v) is 8.91. The molecule has 0 saturated carbocycles. The van der Waals surface area contributed by atoms with Crippen LogP contribution in [0.15, 0.2) is 0 Å². The number of unbranched alkanes of at least 4 members (excludes halogenated alkanes) is 1. The quantitative estimate of drug-likeness (QED) is 0.558. The van der Waals surface area contributed by atoms with Gasteiger partial charge in [-0.25, -0.2) is 0 Å². The minimum Gasteiger partial charge on any atom is -0.0654 e. The van der Waals surface area contributed by atoms with Crippen LogP contribution in [0, 0.1) is 11.3 Å². The first-order valence-corrected chi connectivity index (χ1v) is 4.98. The van der Waals surface area contributed by atoms with E-state index in [2.05, 4.69) is 34.6 Å². The van der Waals surface area contributed by atoms with Crippen molar-refractivity contribution >= 4 is 0 Å². The van der Waals surface area contributed by atoms with Gasteiger partial charge in [0.05, 0.1) is 0 Å². The Morgan fingerprint density at radius 2 is 1.73 bits per heavy atom. The van der Waals surface area contributed by atoms with Gasteiger partial charge in [-0.1, -0.05) is 47.5 Å². The molecule has 0 atom stereocenters. The molecule has 0 aliphatic rings. The van der Waals surface area contributed by atoms with Crippen LogP contribution < -0.4 is 0 Å². The van der Waals surface area contributed by atoms with Crippen molar-refractivity contribution in [2.75, 3.05) is 0 Å². The topological polar surface area (TPSA) is 0 Å². The fraction of sp³-hybridized carbons (Fsp3) is 1.00. The molecule has 0 heteroatoms. The summed E-state index contributed by atoms with van der Waals surface area (Å²) in [6.07, 6.45) is 5.48. The van der Waals surface area contributed by atoms with Gasteiger partial charge in [0.1, 0.15) is 0 Å². The zero-order chi connectivity index (χ0) is 8.91. The number of rotatable bonds is 5. The average molecular weight is 156 g/mol. The zero-order valence-electron chi connectivity index (χ0n) is 8.91. The van der Waals surface area contributed by atoms with Crippen molar-refractivity contribution in [3.8, 4) is 0 Å². The highest BCUT2D eigenvalue weighted by atomic mass is 14.2. The fourth-order valence-corrected chi connectivity index (χ4v) is 1.86. The molecule has 0 N–H and O–H groups in total. The lowest BCUT2D eigenvalue weighted by atomic mass is 9.80. The molecule has 0 saturated heterocycles. The van der Waals surface area contributed by atoms with Gasteiger partial charge in [-0.15, -0.1) is 0 Å². The van der Waals surface area contributed by atoms with Gasteiger partial charge in [0.25, 0.3) is 0 Å². The van der Waals surface area contributed by atoms with Crippen LogP contribution in [0.4, 0.5) is 0 Å². The molecule has 0 unspecified atom stereocenters. The van der Waals surface area contributed by atoms with E-state index in [0.717, 1.165) is 5.92 Å². The molecular formula is C11H24. The predicted molar refractivity (Wildman–Crippen MR) is 52.8 cm³/mol. The van der Waals surface area contributed by atoms with Crippen LogP contribution >= 0.6 is 0 Å². The Balaban J connectivity index is 3.61. The first-order valence-electron chi connectivity index (χ1n) is 4.98. The van der Waals surface area contributed by atoms with Crippen LogP contribution in [-0.4, -0.2) is 0 Å². The van der Waals surface area contributed by atoms with E-state index >= 15 is 0 Å². The molecule has 0 nitrogen and oxygen atoms in total. The molecule has 0 fully saturated rings. The molecule has 0 aliphatic heterocycles. The van der Waals surface area contributed by atoms with E-state index in [1.165, 1.54) is 25.7 Å². The summed E-state index contributed by atoms with van der Waals surface area (Å²) in [4.78, 5) is 0. The Hall–Kier alpha value is 0. The molecule has 0 spiro atoms. The van der Waals surface area contributed by atoms with Crippen molar-refractivity contribution in [2.24, 2.45) is 11.3 Å². The molecule has 68 valence electrons. The van der Waals surface area contributed by atoms with Crippen LogP contribution in [0.5, 0.6) is 0 Å². The summed E-state index contributed by atoms with van der Waals surface area (Å²) >= 11 is 0. The summed E-state index contributed by atoms with van der Waals surface area (Å²) in [6, 6.07) is 0. The maximum atomic E-state index is 2.39. The summed E-state index contributed by atoms with van der Waals surface area (Å²) < 4.78 is 0. The number of hydrogen-bond acceptors (Lipinski definition) is 0. The minimum atomic E-state index is 0.574. The maximum Gasteiger partial charge on any atom is -0.0352 e. The average Bonchev–Trinajstić information content (AvgIpc) is 1.81. The van der Waals surface area contributed by atoms with Gasteiger partial charge in [-0.05, 0) is 24.2 Å². The van der Waals surface area contributed by atoms with Crippen LogP contribution in [0.1, 0.15) is 60.3 Å². The second-order valence-corrected chi connectivity index (χ2v) is 4.87. The molecule has 11 heavy (non-hydrogen) atoms. The van der Waals surface area contributed by atoms with Gasteiger partial charge in [-0.2, -0.15) is 0 Å². The normalized spacial score (nSPS) is 12.5. The van der Waals surface area contributed by atoms with Crippen molar-refractivity contribution in [2.45, 2.75) is 60.3 Å². The van der Waals surface area contributed by atoms with Crippen molar-refractivity contribution in [1.29, 1.82) is 0 Å². The Kier molecular flexibility index (Phi) is 4.79. The molecule has 0 radical (unpaired) electrons. The Bertz CT molecular complexity index is 90.2. The van der Waals surface area contributed by atoms with Gasteiger partial charge in [-0.3, -0.25) is 0 Å². The lowest BCUT2D eigenvalue weighted by Crippen LogP contribution is -2.13. The predicted octanol–water partition coefficient (Wildman–Crippen LogP) is 4.25. The van der Waals surface area contributed by atoms with Gasteiger partial charge < -0.3 is 0 Å². The van der Waals surface area contributed by atoms with Crippen molar-refractivity contribution < 1.29 is 0 Å². The maximum absolute atomic E-state index is 2.39. The second-order valence-electron chi connectivity index (χ2n) is 4.87. The molecule has 0 aromatic carbocycles. The van der Waals surface area contributed by atoms with E-state index in [9.17, 15) is 0 Å². The van der Waals surface area contributed by atoms with Gasteiger partial charge in [0.2, 0.25) is 0 Å². The largest absolute Gasteiger partial charge is 0.0654 e. The van der Waals surface area contributed by atoms with Crippen molar-refractivity contribution in [1.82, 2.24) is 0 Å². The van der Waals surface area contributed by atoms with Crippen molar-refractivity contribution in [3.05, 3.63) is 0 Å². The first kappa shape index (κ1) is 11.0. The third-order valence-corrected chi connectivity index (χ3v) is 2.17. The lowest BCUT2D eigenvalue weighted by molar-refractivity contribution is 0.258. The summed E-state index contributed by atoms with van der Waals surface area (Å²) in [5.74, 6) is 0.849. The molecule has 0 amide bonds. The summed E-state index contributed by atoms with van der Waals surface area (Å²) in [6.45, 7) is 11.7. The van der Waals surface area contributed by atoms with Gasteiger partial charge in [0.15, 0.2) is 0 Å². The van der Waals surface area contributed by atoms with E-state index in [-0.39, 0.29) is 0 Å². The fourth-order valence-electron chi connectivity index (χ4n) is 1.86. The summed E-state index contributed by atoms with van der Waals surface area (Å²) in [5, 5.41) is 0. The second kappa shape index (κ2) is 4.79.